The van der Waals surface area contributed by atoms with Crippen LogP contribution in [0.1, 0.15) is 70.3 Å². The highest BCUT2D eigenvalue weighted by atomic mass is 127. The SMILES string of the molecule is CCCCCCCCCNC(=NC)NCc1cccnc1N1CCCC(C(N)=O)C1.I. The molecule has 0 aliphatic carbocycles. The number of guanidine groups is 1. The smallest absolute Gasteiger partial charge is 0.222 e. The van der Waals surface area contributed by atoms with Crippen LogP contribution < -0.4 is 21.3 Å². The van der Waals surface area contributed by atoms with Crippen LogP contribution in [0.2, 0.25) is 0 Å². The zero-order valence-corrected chi connectivity index (χ0v) is 21.6. The molecule has 1 amide bonds. The molecule has 0 bridgehead atoms. The maximum absolute atomic E-state index is 11.6. The van der Waals surface area contributed by atoms with E-state index in [4.69, 9.17) is 5.73 Å². The minimum absolute atomic E-state index is 0. The van der Waals surface area contributed by atoms with Gasteiger partial charge in [0.05, 0.1) is 5.92 Å². The molecule has 1 unspecified atom stereocenters. The second-order valence-electron chi connectivity index (χ2n) is 8.15. The van der Waals surface area contributed by atoms with Crippen molar-refractivity contribution in [1.29, 1.82) is 0 Å². The van der Waals surface area contributed by atoms with Crippen LogP contribution in [0.15, 0.2) is 23.3 Å². The van der Waals surface area contributed by atoms with E-state index in [1.807, 2.05) is 6.07 Å². The van der Waals surface area contributed by atoms with Gasteiger partial charge in [0.15, 0.2) is 5.96 Å². The van der Waals surface area contributed by atoms with Crippen LogP contribution in [0.5, 0.6) is 0 Å². The van der Waals surface area contributed by atoms with Gasteiger partial charge in [0, 0.05) is 45.0 Å². The normalized spacial score (nSPS) is 16.5. The van der Waals surface area contributed by atoms with E-state index in [1.165, 1.54) is 38.5 Å². The lowest BCUT2D eigenvalue weighted by atomic mass is 9.97. The zero-order chi connectivity index (χ0) is 21.6. The molecule has 0 aromatic carbocycles. The van der Waals surface area contributed by atoms with Gasteiger partial charge in [0.1, 0.15) is 5.82 Å². The van der Waals surface area contributed by atoms with Gasteiger partial charge in [0.25, 0.3) is 0 Å². The highest BCUT2D eigenvalue weighted by molar-refractivity contribution is 14.0. The van der Waals surface area contributed by atoms with E-state index >= 15 is 0 Å². The van der Waals surface area contributed by atoms with Crippen molar-refractivity contribution in [2.75, 3.05) is 31.6 Å². The number of nitrogens with one attached hydrogen (secondary N) is 2. The molecule has 1 aliphatic rings. The van der Waals surface area contributed by atoms with Gasteiger partial charge < -0.3 is 21.3 Å². The lowest BCUT2D eigenvalue weighted by Gasteiger charge is -2.33. The Labute approximate surface area is 205 Å². The fourth-order valence-electron chi connectivity index (χ4n) is 3.94. The van der Waals surface area contributed by atoms with Crippen molar-refractivity contribution in [1.82, 2.24) is 15.6 Å². The van der Waals surface area contributed by atoms with Gasteiger partial charge in [-0.3, -0.25) is 9.79 Å². The average molecular weight is 545 g/mol. The van der Waals surface area contributed by atoms with Crippen molar-refractivity contribution in [2.24, 2.45) is 16.6 Å². The van der Waals surface area contributed by atoms with E-state index in [0.29, 0.717) is 13.1 Å². The molecule has 1 aromatic heterocycles. The fourth-order valence-corrected chi connectivity index (χ4v) is 3.94. The van der Waals surface area contributed by atoms with Crippen molar-refractivity contribution in [3.63, 3.8) is 0 Å². The molecule has 0 spiro atoms. The van der Waals surface area contributed by atoms with Crippen molar-refractivity contribution in [2.45, 2.75) is 71.3 Å². The Kier molecular flexibility index (Phi) is 14.3. The van der Waals surface area contributed by atoms with Crippen LogP contribution in [0.25, 0.3) is 0 Å². The molecule has 4 N–H and O–H groups in total. The summed E-state index contributed by atoms with van der Waals surface area (Å²) in [6.07, 6.45) is 12.7. The number of primary amides is 1. The lowest BCUT2D eigenvalue weighted by molar-refractivity contribution is -0.122. The number of carbonyl (C=O) groups is 1. The number of anilines is 1. The standard InChI is InChI=1S/C23H40N6O.HI/c1-3-4-5-6-7-8-9-14-27-23(25-2)28-17-19-12-10-15-26-22(19)29-16-11-13-20(18-29)21(24)30;/h10,12,15,20H,3-9,11,13-14,16-18H2,1-2H3,(H2,24,30)(H2,25,27,28);1H. The van der Waals surface area contributed by atoms with Gasteiger partial charge in [-0.25, -0.2) is 4.98 Å². The summed E-state index contributed by atoms with van der Waals surface area (Å²) in [5, 5.41) is 6.81. The summed E-state index contributed by atoms with van der Waals surface area (Å²) in [5.41, 5.74) is 6.64. The largest absolute Gasteiger partial charge is 0.369 e. The molecule has 31 heavy (non-hydrogen) atoms. The average Bonchev–Trinajstić information content (AvgIpc) is 2.78. The number of unbranched alkanes of at least 4 members (excludes halogenated alkanes) is 6. The highest BCUT2D eigenvalue weighted by Crippen LogP contribution is 2.24. The molecule has 2 rings (SSSR count). The predicted molar refractivity (Wildman–Crippen MR) is 140 cm³/mol. The van der Waals surface area contributed by atoms with E-state index in [9.17, 15) is 4.79 Å². The van der Waals surface area contributed by atoms with Crippen LogP contribution >= 0.6 is 24.0 Å². The first-order valence-electron chi connectivity index (χ1n) is 11.6. The number of rotatable bonds is 12. The quantitative estimate of drug-likeness (QED) is 0.161. The fraction of sp³-hybridized carbons (Fsp3) is 0.696. The second-order valence-corrected chi connectivity index (χ2v) is 8.15. The summed E-state index contributed by atoms with van der Waals surface area (Å²) in [7, 11) is 1.80. The maximum Gasteiger partial charge on any atom is 0.222 e. The molecule has 1 atom stereocenters. The van der Waals surface area contributed by atoms with Crippen LogP contribution in [0, 0.1) is 5.92 Å². The molecule has 8 heteroatoms. The van der Waals surface area contributed by atoms with E-state index in [2.05, 4.69) is 38.5 Å². The maximum atomic E-state index is 11.6. The highest BCUT2D eigenvalue weighted by Gasteiger charge is 2.25. The third kappa shape index (κ3) is 10.1. The third-order valence-electron chi connectivity index (χ3n) is 5.73. The van der Waals surface area contributed by atoms with Crippen molar-refractivity contribution < 1.29 is 4.79 Å². The molecule has 2 heterocycles. The summed E-state index contributed by atoms with van der Waals surface area (Å²) < 4.78 is 0. The number of aliphatic imine (C=N–C) groups is 1. The predicted octanol–water partition coefficient (Wildman–Crippen LogP) is 3.82. The summed E-state index contributed by atoms with van der Waals surface area (Å²) in [6, 6.07) is 4.03. The lowest BCUT2D eigenvalue weighted by Crippen LogP contribution is -2.42. The van der Waals surface area contributed by atoms with Gasteiger partial charge in [-0.2, -0.15) is 0 Å². The van der Waals surface area contributed by atoms with Gasteiger partial charge in [0.2, 0.25) is 5.91 Å². The van der Waals surface area contributed by atoms with Crippen LogP contribution in [-0.4, -0.2) is 43.5 Å². The topological polar surface area (TPSA) is 95.6 Å². The molecule has 7 nitrogen and oxygen atoms in total. The summed E-state index contributed by atoms with van der Waals surface area (Å²) in [4.78, 5) is 22.7. The Bertz CT molecular complexity index is 669. The Morgan fingerprint density at radius 1 is 1.23 bits per heavy atom. The number of nitrogens with two attached hydrogens (primary N) is 1. The van der Waals surface area contributed by atoms with Crippen molar-refractivity contribution >= 4 is 41.7 Å². The molecular weight excluding hydrogens is 503 g/mol. The first-order chi connectivity index (χ1) is 14.7. The first-order valence-corrected chi connectivity index (χ1v) is 11.6. The Morgan fingerprint density at radius 2 is 1.97 bits per heavy atom. The Morgan fingerprint density at radius 3 is 2.68 bits per heavy atom. The van der Waals surface area contributed by atoms with E-state index in [0.717, 1.165) is 49.7 Å². The molecule has 1 aliphatic heterocycles. The summed E-state index contributed by atoms with van der Waals surface area (Å²) in [6.45, 7) is 5.36. The van der Waals surface area contributed by atoms with Crippen molar-refractivity contribution in [3.8, 4) is 0 Å². The zero-order valence-electron chi connectivity index (χ0n) is 19.2. The second kappa shape index (κ2) is 16.1. The Balaban J connectivity index is 0.00000480. The summed E-state index contributed by atoms with van der Waals surface area (Å²) >= 11 is 0. The van der Waals surface area contributed by atoms with Gasteiger partial charge in [-0.05, 0) is 25.3 Å². The minimum Gasteiger partial charge on any atom is -0.369 e. The van der Waals surface area contributed by atoms with E-state index in [1.54, 1.807) is 13.2 Å². The number of hydrogen-bond donors (Lipinski definition) is 3. The molecule has 1 aromatic rings. The van der Waals surface area contributed by atoms with E-state index in [-0.39, 0.29) is 35.8 Å². The number of amides is 1. The van der Waals surface area contributed by atoms with Gasteiger partial charge in [-0.1, -0.05) is 51.5 Å². The van der Waals surface area contributed by atoms with Gasteiger partial charge >= 0.3 is 0 Å². The number of aromatic nitrogens is 1. The molecular formula is C23H41IN6O. The van der Waals surface area contributed by atoms with Crippen LogP contribution in [-0.2, 0) is 11.3 Å². The Hall–Kier alpha value is -1.58. The number of halogens is 1. The monoisotopic (exact) mass is 544 g/mol. The number of pyridine rings is 1. The molecule has 1 saturated heterocycles. The number of carbonyl (C=O) groups excluding carboxylic acids is 1. The molecule has 1 fully saturated rings. The molecule has 176 valence electrons. The minimum atomic E-state index is -0.217. The van der Waals surface area contributed by atoms with Crippen LogP contribution in [0.4, 0.5) is 5.82 Å². The third-order valence-corrected chi connectivity index (χ3v) is 5.73. The number of nitrogens with zero attached hydrogens (tertiary/aromatic N) is 3. The van der Waals surface area contributed by atoms with Crippen LogP contribution in [0.3, 0.4) is 0 Å². The number of piperidine rings is 1. The first kappa shape index (κ1) is 27.5. The van der Waals surface area contributed by atoms with Crippen molar-refractivity contribution in [3.05, 3.63) is 23.9 Å². The number of hydrogen-bond acceptors (Lipinski definition) is 4. The molecule has 0 saturated carbocycles. The van der Waals surface area contributed by atoms with E-state index < -0.39 is 0 Å². The van der Waals surface area contributed by atoms with Gasteiger partial charge in [-0.15, -0.1) is 24.0 Å². The summed E-state index contributed by atoms with van der Waals surface area (Å²) in [5.74, 6) is 1.42. The molecule has 0 radical (unpaired) electrons.